The Morgan fingerprint density at radius 3 is 2.95 bits per heavy atom. The van der Waals surface area contributed by atoms with E-state index in [1.54, 1.807) is 24.4 Å². The molecule has 21 heavy (non-hydrogen) atoms. The molecular weight excluding hydrogens is 335 g/mol. The van der Waals surface area contributed by atoms with Crippen molar-refractivity contribution in [1.29, 1.82) is 0 Å². The van der Waals surface area contributed by atoms with Gasteiger partial charge in [0, 0.05) is 39.2 Å². The van der Waals surface area contributed by atoms with Crippen molar-refractivity contribution in [2.75, 3.05) is 0 Å². The summed E-state index contributed by atoms with van der Waals surface area (Å²) in [6.07, 6.45) is 1.79. The van der Waals surface area contributed by atoms with E-state index in [9.17, 15) is 9.18 Å². The molecule has 0 fully saturated rings. The third-order valence-corrected chi connectivity index (χ3v) is 3.78. The molecule has 0 saturated carbocycles. The average Bonchev–Trinajstić information content (AvgIpc) is 2.96. The minimum Gasteiger partial charge on any atom is -0.361 e. The number of carbonyl (C=O) groups is 1. The van der Waals surface area contributed by atoms with Crippen LogP contribution >= 0.6 is 15.9 Å². The predicted molar refractivity (Wildman–Crippen MR) is 83.6 cm³/mol. The molecule has 0 spiro atoms. The van der Waals surface area contributed by atoms with Gasteiger partial charge >= 0.3 is 0 Å². The van der Waals surface area contributed by atoms with Crippen molar-refractivity contribution in [1.82, 2.24) is 10.3 Å². The lowest BCUT2D eigenvalue weighted by atomic mass is 10.1. The fourth-order valence-electron chi connectivity index (χ4n) is 2.23. The number of hydrogen-bond acceptors (Lipinski definition) is 1. The van der Waals surface area contributed by atoms with Gasteiger partial charge in [0.1, 0.15) is 5.82 Å². The van der Waals surface area contributed by atoms with E-state index in [0.717, 1.165) is 15.4 Å². The van der Waals surface area contributed by atoms with Gasteiger partial charge in [-0.2, -0.15) is 0 Å². The van der Waals surface area contributed by atoms with Crippen LogP contribution in [0.4, 0.5) is 4.39 Å². The Morgan fingerprint density at radius 1 is 1.24 bits per heavy atom. The van der Waals surface area contributed by atoms with Crippen LogP contribution in [0.1, 0.15) is 15.9 Å². The van der Waals surface area contributed by atoms with Crippen LogP contribution in [-0.4, -0.2) is 10.9 Å². The summed E-state index contributed by atoms with van der Waals surface area (Å²) in [5.41, 5.74) is 1.92. The highest BCUT2D eigenvalue weighted by Crippen LogP contribution is 2.18. The predicted octanol–water partition coefficient (Wildman–Crippen LogP) is 4.00. The second-order valence-corrected chi connectivity index (χ2v) is 5.58. The second-order valence-electron chi connectivity index (χ2n) is 4.66. The zero-order valence-corrected chi connectivity index (χ0v) is 12.6. The van der Waals surface area contributed by atoms with Gasteiger partial charge in [-0.25, -0.2) is 4.39 Å². The molecule has 0 aliphatic carbocycles. The van der Waals surface area contributed by atoms with E-state index < -0.39 is 0 Å². The van der Waals surface area contributed by atoms with Crippen molar-refractivity contribution in [3.63, 3.8) is 0 Å². The summed E-state index contributed by atoms with van der Waals surface area (Å²) in [5.74, 6) is -0.557. The van der Waals surface area contributed by atoms with E-state index in [1.165, 1.54) is 6.07 Å². The van der Waals surface area contributed by atoms with E-state index in [-0.39, 0.29) is 18.3 Å². The van der Waals surface area contributed by atoms with Crippen LogP contribution in [0.3, 0.4) is 0 Å². The molecule has 3 aromatic rings. The molecule has 106 valence electrons. The van der Waals surface area contributed by atoms with Crippen molar-refractivity contribution in [3.05, 3.63) is 70.1 Å². The largest absolute Gasteiger partial charge is 0.361 e. The maximum Gasteiger partial charge on any atom is 0.252 e. The maximum atomic E-state index is 13.6. The Balaban J connectivity index is 1.81. The van der Waals surface area contributed by atoms with E-state index in [1.807, 2.05) is 18.2 Å². The topological polar surface area (TPSA) is 44.9 Å². The molecule has 1 aromatic heterocycles. The lowest BCUT2D eigenvalue weighted by Crippen LogP contribution is -2.23. The van der Waals surface area contributed by atoms with E-state index >= 15 is 0 Å². The van der Waals surface area contributed by atoms with Gasteiger partial charge in [0.05, 0.1) is 0 Å². The molecule has 2 N–H and O–H groups in total. The number of fused-ring (bicyclic) bond motifs is 1. The van der Waals surface area contributed by atoms with Gasteiger partial charge in [-0.1, -0.05) is 22.0 Å². The van der Waals surface area contributed by atoms with Crippen LogP contribution in [0.15, 0.2) is 53.1 Å². The fourth-order valence-corrected chi connectivity index (χ4v) is 2.64. The Kier molecular flexibility index (Phi) is 3.75. The van der Waals surface area contributed by atoms with Gasteiger partial charge in [-0.3, -0.25) is 4.79 Å². The van der Waals surface area contributed by atoms with Gasteiger partial charge in [0.25, 0.3) is 5.91 Å². The van der Waals surface area contributed by atoms with E-state index in [0.29, 0.717) is 11.1 Å². The highest BCUT2D eigenvalue weighted by molar-refractivity contribution is 9.10. The van der Waals surface area contributed by atoms with Gasteiger partial charge < -0.3 is 10.3 Å². The molecule has 0 atom stereocenters. The standard InChI is InChI=1S/C16H12BrFN2O/c17-11-4-5-14(18)10(8-11)9-20-16(21)13-2-1-3-15-12(13)6-7-19-15/h1-8,19H,9H2,(H,20,21). The minimum absolute atomic E-state index is 0.144. The molecule has 3 rings (SSSR count). The van der Waals surface area contributed by atoms with Crippen LogP contribution in [0.5, 0.6) is 0 Å². The number of aromatic amines is 1. The average molecular weight is 347 g/mol. The summed E-state index contributed by atoms with van der Waals surface area (Å²) in [7, 11) is 0. The molecule has 0 bridgehead atoms. The third kappa shape index (κ3) is 2.83. The van der Waals surface area contributed by atoms with E-state index in [2.05, 4.69) is 26.2 Å². The zero-order chi connectivity index (χ0) is 14.8. The molecule has 0 saturated heterocycles. The van der Waals surface area contributed by atoms with Gasteiger partial charge in [-0.15, -0.1) is 0 Å². The molecule has 0 aliphatic heterocycles. The Labute approximate surface area is 129 Å². The monoisotopic (exact) mass is 346 g/mol. The van der Waals surface area contributed by atoms with Crippen molar-refractivity contribution < 1.29 is 9.18 Å². The third-order valence-electron chi connectivity index (χ3n) is 3.29. The van der Waals surface area contributed by atoms with Crippen molar-refractivity contribution in [2.45, 2.75) is 6.54 Å². The number of nitrogens with one attached hydrogen (secondary N) is 2. The number of hydrogen-bond donors (Lipinski definition) is 2. The number of carbonyl (C=O) groups excluding carboxylic acids is 1. The SMILES string of the molecule is O=C(NCc1cc(Br)ccc1F)c1cccc2[nH]ccc12. The summed E-state index contributed by atoms with van der Waals surface area (Å²) in [5, 5.41) is 3.60. The van der Waals surface area contributed by atoms with Crippen LogP contribution < -0.4 is 5.32 Å². The highest BCUT2D eigenvalue weighted by Gasteiger charge is 2.11. The van der Waals surface area contributed by atoms with Crippen LogP contribution in [0.25, 0.3) is 10.9 Å². The van der Waals surface area contributed by atoms with Gasteiger partial charge in [0.2, 0.25) is 0 Å². The second kappa shape index (κ2) is 5.69. The molecule has 1 heterocycles. The summed E-state index contributed by atoms with van der Waals surface area (Å²) in [4.78, 5) is 15.3. The van der Waals surface area contributed by atoms with Gasteiger partial charge in [-0.05, 0) is 36.4 Å². The summed E-state index contributed by atoms with van der Waals surface area (Å²) in [6.45, 7) is 0.144. The smallest absolute Gasteiger partial charge is 0.252 e. The molecular formula is C16H12BrFN2O. The molecule has 0 aliphatic rings. The van der Waals surface area contributed by atoms with Crippen molar-refractivity contribution in [3.8, 4) is 0 Å². The summed E-state index contributed by atoms with van der Waals surface area (Å²) < 4.78 is 14.4. The lowest BCUT2D eigenvalue weighted by molar-refractivity contribution is 0.0952. The molecule has 2 aromatic carbocycles. The number of halogens is 2. The number of rotatable bonds is 3. The molecule has 3 nitrogen and oxygen atoms in total. The molecule has 5 heteroatoms. The number of benzene rings is 2. The first-order valence-electron chi connectivity index (χ1n) is 6.43. The number of aromatic nitrogens is 1. The van der Waals surface area contributed by atoms with Crippen LogP contribution in [0, 0.1) is 5.82 Å². The Bertz CT molecular complexity index is 813. The van der Waals surface area contributed by atoms with Crippen LogP contribution in [0.2, 0.25) is 0 Å². The summed E-state index contributed by atoms with van der Waals surface area (Å²) in [6, 6.07) is 12.0. The fraction of sp³-hybridized carbons (Fsp3) is 0.0625. The highest BCUT2D eigenvalue weighted by atomic mass is 79.9. The number of amides is 1. The summed E-state index contributed by atoms with van der Waals surface area (Å²) >= 11 is 3.29. The van der Waals surface area contributed by atoms with E-state index in [4.69, 9.17) is 0 Å². The first-order valence-corrected chi connectivity index (χ1v) is 7.22. The Morgan fingerprint density at radius 2 is 2.10 bits per heavy atom. The quantitative estimate of drug-likeness (QED) is 0.739. The lowest BCUT2D eigenvalue weighted by Gasteiger charge is -2.08. The van der Waals surface area contributed by atoms with Crippen molar-refractivity contribution >= 4 is 32.7 Å². The molecule has 0 unspecified atom stereocenters. The first-order chi connectivity index (χ1) is 10.1. The molecule has 0 radical (unpaired) electrons. The number of H-pyrrole nitrogens is 1. The zero-order valence-electron chi connectivity index (χ0n) is 11.0. The Hall–Kier alpha value is -2.14. The minimum atomic E-state index is -0.335. The first kappa shape index (κ1) is 13.8. The van der Waals surface area contributed by atoms with Gasteiger partial charge in [0.15, 0.2) is 0 Å². The van der Waals surface area contributed by atoms with Crippen molar-refractivity contribution in [2.24, 2.45) is 0 Å². The maximum absolute atomic E-state index is 13.6. The normalized spacial score (nSPS) is 10.8. The molecule has 1 amide bonds. The van der Waals surface area contributed by atoms with Crippen LogP contribution in [-0.2, 0) is 6.54 Å².